The average Bonchev–Trinajstić information content (AvgIpc) is 2.77. The highest BCUT2D eigenvalue weighted by Gasteiger charge is 2.14. The predicted molar refractivity (Wildman–Crippen MR) is 85.7 cm³/mol. The maximum Gasteiger partial charge on any atom is 0.259 e. The first kappa shape index (κ1) is 13.5. The van der Waals surface area contributed by atoms with Gasteiger partial charge in [0.15, 0.2) is 5.13 Å². The van der Waals surface area contributed by atoms with E-state index in [1.54, 1.807) is 0 Å². The summed E-state index contributed by atoms with van der Waals surface area (Å²) >= 11 is 1.46. The van der Waals surface area contributed by atoms with Crippen LogP contribution < -0.4 is 11.1 Å². The molecule has 0 bridgehead atoms. The first-order valence-corrected chi connectivity index (χ1v) is 7.26. The topological polar surface area (TPSA) is 80.9 Å². The van der Waals surface area contributed by atoms with E-state index in [1.165, 1.54) is 17.5 Å². The number of nitrogens with zero attached hydrogens (tertiary/aromatic N) is 2. The predicted octanol–water partition coefficient (Wildman–Crippen LogP) is 3.14. The van der Waals surface area contributed by atoms with Gasteiger partial charge in [0.2, 0.25) is 0 Å². The fraction of sp³-hybridized carbons (Fsp3) is 0.133. The average molecular weight is 298 g/mol. The van der Waals surface area contributed by atoms with E-state index in [9.17, 15) is 4.79 Å². The van der Waals surface area contributed by atoms with E-state index in [2.05, 4.69) is 15.3 Å². The molecule has 6 heteroatoms. The van der Waals surface area contributed by atoms with Crippen molar-refractivity contribution < 1.29 is 4.79 Å². The summed E-state index contributed by atoms with van der Waals surface area (Å²) in [5, 5.41) is 4.97. The van der Waals surface area contributed by atoms with Crippen LogP contribution in [-0.2, 0) is 0 Å². The van der Waals surface area contributed by atoms with Gasteiger partial charge in [-0.05, 0) is 19.2 Å². The van der Waals surface area contributed by atoms with E-state index in [1.807, 2.05) is 38.1 Å². The summed E-state index contributed by atoms with van der Waals surface area (Å²) in [6, 6.07) is 7.46. The minimum atomic E-state index is -0.229. The number of fused-ring (bicyclic) bond motifs is 1. The zero-order chi connectivity index (χ0) is 15.0. The van der Waals surface area contributed by atoms with Crippen LogP contribution in [0.5, 0.6) is 0 Å². The number of amides is 1. The number of hydrogen-bond acceptors (Lipinski definition) is 5. The van der Waals surface area contributed by atoms with Crippen LogP contribution in [0.3, 0.4) is 0 Å². The fourth-order valence-electron chi connectivity index (χ4n) is 2.09. The van der Waals surface area contributed by atoms with Crippen LogP contribution in [0, 0.1) is 13.8 Å². The molecule has 2 heterocycles. The van der Waals surface area contributed by atoms with Crippen molar-refractivity contribution in [2.45, 2.75) is 13.8 Å². The minimum absolute atomic E-state index is 0.229. The van der Waals surface area contributed by atoms with Crippen molar-refractivity contribution in [2.75, 3.05) is 11.1 Å². The lowest BCUT2D eigenvalue weighted by molar-refractivity contribution is 0.102. The van der Waals surface area contributed by atoms with Crippen LogP contribution in [-0.4, -0.2) is 15.9 Å². The van der Waals surface area contributed by atoms with E-state index < -0.39 is 0 Å². The Morgan fingerprint density at radius 1 is 1.24 bits per heavy atom. The number of anilines is 2. The fourth-order valence-corrected chi connectivity index (χ4v) is 2.90. The lowest BCUT2D eigenvalue weighted by Gasteiger charge is -2.07. The van der Waals surface area contributed by atoms with Gasteiger partial charge in [-0.3, -0.25) is 10.1 Å². The Labute approximate surface area is 125 Å². The van der Waals surface area contributed by atoms with Crippen molar-refractivity contribution in [3.63, 3.8) is 0 Å². The lowest BCUT2D eigenvalue weighted by Crippen LogP contribution is -2.13. The van der Waals surface area contributed by atoms with E-state index in [0.29, 0.717) is 16.5 Å². The second-order valence-electron chi connectivity index (χ2n) is 4.72. The Kier molecular flexibility index (Phi) is 3.31. The van der Waals surface area contributed by atoms with Crippen molar-refractivity contribution in [3.8, 4) is 0 Å². The highest BCUT2D eigenvalue weighted by Crippen LogP contribution is 2.25. The summed E-state index contributed by atoms with van der Waals surface area (Å²) in [5.41, 5.74) is 7.27. The van der Waals surface area contributed by atoms with Crippen LogP contribution in [0.2, 0.25) is 0 Å². The smallest absolute Gasteiger partial charge is 0.259 e. The third-order valence-electron chi connectivity index (χ3n) is 3.32. The van der Waals surface area contributed by atoms with Crippen LogP contribution in [0.4, 0.5) is 10.9 Å². The van der Waals surface area contributed by atoms with Gasteiger partial charge in [-0.25, -0.2) is 9.97 Å². The molecule has 1 amide bonds. The van der Waals surface area contributed by atoms with Gasteiger partial charge < -0.3 is 5.73 Å². The second-order valence-corrected chi connectivity index (χ2v) is 5.92. The molecule has 0 spiro atoms. The summed E-state index contributed by atoms with van der Waals surface area (Å²) in [5.74, 6) is 0.190. The van der Waals surface area contributed by atoms with Crippen molar-refractivity contribution in [3.05, 3.63) is 46.6 Å². The molecule has 5 nitrogen and oxygen atoms in total. The van der Waals surface area contributed by atoms with Gasteiger partial charge in [0, 0.05) is 16.5 Å². The number of benzene rings is 1. The molecule has 0 aliphatic heterocycles. The molecule has 1 aromatic carbocycles. The Hall–Kier alpha value is -2.47. The number of nitrogens with one attached hydrogen (secondary N) is 1. The van der Waals surface area contributed by atoms with Crippen LogP contribution in [0.25, 0.3) is 10.8 Å². The molecule has 0 aliphatic carbocycles. The van der Waals surface area contributed by atoms with E-state index in [4.69, 9.17) is 5.73 Å². The van der Waals surface area contributed by atoms with Crippen LogP contribution in [0.15, 0.2) is 30.5 Å². The minimum Gasteiger partial charge on any atom is -0.383 e. The summed E-state index contributed by atoms with van der Waals surface area (Å²) in [4.78, 5) is 21.9. The van der Waals surface area contributed by atoms with Gasteiger partial charge in [-0.15, -0.1) is 11.3 Å². The van der Waals surface area contributed by atoms with Gasteiger partial charge in [0.1, 0.15) is 5.82 Å². The molecule has 3 rings (SSSR count). The molecule has 21 heavy (non-hydrogen) atoms. The first-order chi connectivity index (χ1) is 10.1. The summed E-state index contributed by atoms with van der Waals surface area (Å²) in [6.45, 7) is 3.89. The standard InChI is InChI=1S/C15H14N4OS/c1-8-9(2)21-15(18-8)19-14(20)12-7-17-13(16)11-6-4-3-5-10(11)12/h3-7H,1-2H3,(H2,16,17)(H,18,19,20). The van der Waals surface area contributed by atoms with Crippen molar-refractivity contribution in [1.82, 2.24) is 9.97 Å². The molecule has 0 unspecified atom stereocenters. The number of thiazole rings is 1. The largest absolute Gasteiger partial charge is 0.383 e. The number of carbonyl (C=O) groups is 1. The maximum atomic E-state index is 12.4. The normalized spacial score (nSPS) is 10.8. The van der Waals surface area contributed by atoms with E-state index in [0.717, 1.165) is 21.3 Å². The van der Waals surface area contributed by atoms with E-state index >= 15 is 0 Å². The number of pyridine rings is 1. The highest BCUT2D eigenvalue weighted by molar-refractivity contribution is 7.15. The van der Waals surface area contributed by atoms with Gasteiger partial charge in [0.25, 0.3) is 5.91 Å². The Morgan fingerprint density at radius 3 is 2.62 bits per heavy atom. The summed E-state index contributed by atoms with van der Waals surface area (Å²) in [7, 11) is 0. The van der Waals surface area contributed by atoms with Gasteiger partial charge >= 0.3 is 0 Å². The number of nitrogen functional groups attached to an aromatic ring is 1. The number of aromatic nitrogens is 2. The molecule has 0 radical (unpaired) electrons. The number of carbonyl (C=O) groups excluding carboxylic acids is 1. The molecular formula is C15H14N4OS. The summed E-state index contributed by atoms with van der Waals surface area (Å²) < 4.78 is 0. The maximum absolute atomic E-state index is 12.4. The molecule has 2 aromatic heterocycles. The lowest BCUT2D eigenvalue weighted by atomic mass is 10.1. The van der Waals surface area contributed by atoms with Crippen LogP contribution in [0.1, 0.15) is 20.9 Å². The quantitative estimate of drug-likeness (QED) is 0.761. The number of nitrogens with two attached hydrogens (primary N) is 1. The Morgan fingerprint density at radius 2 is 1.95 bits per heavy atom. The third kappa shape index (κ3) is 2.45. The molecule has 0 atom stereocenters. The summed E-state index contributed by atoms with van der Waals surface area (Å²) in [6.07, 6.45) is 1.50. The molecule has 0 saturated carbocycles. The Bertz CT molecular complexity index is 821. The second kappa shape index (κ2) is 5.14. The van der Waals surface area contributed by atoms with Gasteiger partial charge in [0.05, 0.1) is 11.3 Å². The Balaban J connectivity index is 2.00. The molecule has 0 fully saturated rings. The van der Waals surface area contributed by atoms with Crippen molar-refractivity contribution in [2.24, 2.45) is 0 Å². The van der Waals surface area contributed by atoms with Crippen LogP contribution >= 0.6 is 11.3 Å². The zero-order valence-electron chi connectivity index (χ0n) is 11.7. The number of hydrogen-bond donors (Lipinski definition) is 2. The van der Waals surface area contributed by atoms with Gasteiger partial charge in [-0.2, -0.15) is 0 Å². The van der Waals surface area contributed by atoms with Crippen molar-refractivity contribution in [1.29, 1.82) is 0 Å². The first-order valence-electron chi connectivity index (χ1n) is 6.45. The molecule has 0 aliphatic rings. The van der Waals surface area contributed by atoms with E-state index in [-0.39, 0.29) is 5.91 Å². The molecule has 106 valence electrons. The number of aryl methyl sites for hydroxylation is 2. The molecule has 0 saturated heterocycles. The SMILES string of the molecule is Cc1nc(NC(=O)c2cnc(N)c3ccccc23)sc1C. The number of rotatable bonds is 2. The highest BCUT2D eigenvalue weighted by atomic mass is 32.1. The third-order valence-corrected chi connectivity index (χ3v) is 4.31. The van der Waals surface area contributed by atoms with Crippen molar-refractivity contribution >= 4 is 39.0 Å². The molecule has 3 N–H and O–H groups in total. The van der Waals surface area contributed by atoms with Gasteiger partial charge in [-0.1, -0.05) is 24.3 Å². The monoisotopic (exact) mass is 298 g/mol. The molecular weight excluding hydrogens is 284 g/mol. The zero-order valence-corrected chi connectivity index (χ0v) is 12.5. The molecule has 3 aromatic rings.